The molecule has 2 rings (SSSR count). The van der Waals surface area contributed by atoms with Crippen LogP contribution in [0.25, 0.3) is 0 Å². The summed E-state index contributed by atoms with van der Waals surface area (Å²) in [4.78, 5) is 14.5. The first-order chi connectivity index (χ1) is 9.74. The van der Waals surface area contributed by atoms with Crippen LogP contribution in [0.4, 0.5) is 0 Å². The normalized spacial score (nSPS) is 18.8. The molecule has 1 aliphatic heterocycles. The molecule has 0 bridgehead atoms. The minimum Gasteiger partial charge on any atom is -0.339 e. The third kappa shape index (κ3) is 3.83. The molecular formula is C17H26N2O. The summed E-state index contributed by atoms with van der Waals surface area (Å²) >= 11 is 0. The van der Waals surface area contributed by atoms with Crippen molar-refractivity contribution in [2.24, 2.45) is 5.92 Å². The predicted octanol–water partition coefficient (Wildman–Crippen LogP) is 2.71. The van der Waals surface area contributed by atoms with E-state index in [1.165, 1.54) is 18.4 Å². The highest BCUT2D eigenvalue weighted by Gasteiger charge is 2.20. The molecule has 1 aromatic rings. The van der Waals surface area contributed by atoms with Crippen molar-refractivity contribution in [1.82, 2.24) is 10.2 Å². The Hall–Kier alpha value is -1.35. The van der Waals surface area contributed by atoms with E-state index in [-0.39, 0.29) is 5.91 Å². The second-order valence-electron chi connectivity index (χ2n) is 5.61. The van der Waals surface area contributed by atoms with Gasteiger partial charge in [0.05, 0.1) is 0 Å². The van der Waals surface area contributed by atoms with E-state index in [1.807, 2.05) is 17.0 Å². The van der Waals surface area contributed by atoms with Crippen LogP contribution in [0.3, 0.4) is 0 Å². The maximum absolute atomic E-state index is 12.6. The number of carbonyl (C=O) groups excluding carboxylic acids is 1. The molecule has 0 aromatic heterocycles. The smallest absolute Gasteiger partial charge is 0.253 e. The Labute approximate surface area is 122 Å². The van der Waals surface area contributed by atoms with Crippen LogP contribution in [0, 0.1) is 5.92 Å². The van der Waals surface area contributed by atoms with Crippen molar-refractivity contribution < 1.29 is 4.79 Å². The van der Waals surface area contributed by atoms with E-state index >= 15 is 0 Å². The fourth-order valence-electron chi connectivity index (χ4n) is 2.81. The van der Waals surface area contributed by atoms with Gasteiger partial charge < -0.3 is 10.2 Å². The fraction of sp³-hybridized carbons (Fsp3) is 0.588. The maximum atomic E-state index is 12.6. The van der Waals surface area contributed by atoms with Gasteiger partial charge in [-0.25, -0.2) is 0 Å². The molecule has 0 aliphatic carbocycles. The molecule has 1 atom stereocenters. The van der Waals surface area contributed by atoms with E-state index in [1.54, 1.807) is 0 Å². The number of piperidine rings is 1. The quantitative estimate of drug-likeness (QED) is 0.895. The minimum atomic E-state index is 0.167. The number of nitrogens with zero attached hydrogens (tertiary/aromatic N) is 1. The number of carbonyl (C=O) groups is 1. The van der Waals surface area contributed by atoms with Crippen LogP contribution in [-0.4, -0.2) is 37.0 Å². The van der Waals surface area contributed by atoms with Gasteiger partial charge in [0, 0.05) is 18.7 Å². The van der Waals surface area contributed by atoms with Crippen molar-refractivity contribution in [2.75, 3.05) is 26.2 Å². The van der Waals surface area contributed by atoms with Crippen LogP contribution in [-0.2, 0) is 6.42 Å². The summed E-state index contributed by atoms with van der Waals surface area (Å²) in [7, 11) is 0. The Morgan fingerprint density at radius 1 is 1.30 bits per heavy atom. The van der Waals surface area contributed by atoms with Gasteiger partial charge in [-0.05, 0) is 62.9 Å². The zero-order valence-electron chi connectivity index (χ0n) is 12.7. The van der Waals surface area contributed by atoms with Crippen molar-refractivity contribution in [2.45, 2.75) is 33.1 Å². The van der Waals surface area contributed by atoms with Crippen molar-refractivity contribution in [1.29, 1.82) is 0 Å². The highest BCUT2D eigenvalue weighted by Crippen LogP contribution is 2.14. The Kier molecular flexibility index (Phi) is 5.60. The monoisotopic (exact) mass is 274 g/mol. The molecule has 110 valence electrons. The van der Waals surface area contributed by atoms with Gasteiger partial charge in [0.2, 0.25) is 0 Å². The predicted molar refractivity (Wildman–Crippen MR) is 83.0 cm³/mol. The lowest BCUT2D eigenvalue weighted by atomic mass is 9.98. The summed E-state index contributed by atoms with van der Waals surface area (Å²) in [5.41, 5.74) is 2.09. The van der Waals surface area contributed by atoms with E-state index in [2.05, 4.69) is 31.3 Å². The fourth-order valence-corrected chi connectivity index (χ4v) is 2.81. The summed E-state index contributed by atoms with van der Waals surface area (Å²) in [5, 5.41) is 3.42. The zero-order chi connectivity index (χ0) is 14.4. The molecule has 3 nitrogen and oxygen atoms in total. The van der Waals surface area contributed by atoms with Gasteiger partial charge in [0.25, 0.3) is 5.91 Å². The molecule has 3 heteroatoms. The van der Waals surface area contributed by atoms with Crippen molar-refractivity contribution in [3.05, 3.63) is 35.4 Å². The van der Waals surface area contributed by atoms with E-state index in [0.717, 1.165) is 38.2 Å². The number of hydrogen-bond acceptors (Lipinski definition) is 2. The van der Waals surface area contributed by atoms with E-state index < -0.39 is 0 Å². The number of hydrogen-bond donors (Lipinski definition) is 1. The Bertz CT molecular complexity index is 421. The molecule has 0 saturated carbocycles. The largest absolute Gasteiger partial charge is 0.339 e. The van der Waals surface area contributed by atoms with Gasteiger partial charge in [-0.2, -0.15) is 0 Å². The second kappa shape index (κ2) is 7.44. The number of benzene rings is 1. The average molecular weight is 274 g/mol. The topological polar surface area (TPSA) is 32.3 Å². The van der Waals surface area contributed by atoms with Crippen LogP contribution < -0.4 is 5.32 Å². The standard InChI is InChI=1S/C17H26N2O/c1-3-14-7-9-16(10-8-14)17(20)19(4-2)13-15-6-5-11-18-12-15/h7-10,15,18H,3-6,11-13H2,1-2H3. The van der Waals surface area contributed by atoms with Gasteiger partial charge in [-0.15, -0.1) is 0 Å². The van der Waals surface area contributed by atoms with Crippen LogP contribution in [0.1, 0.15) is 42.6 Å². The van der Waals surface area contributed by atoms with E-state index in [0.29, 0.717) is 5.92 Å². The second-order valence-corrected chi connectivity index (χ2v) is 5.61. The van der Waals surface area contributed by atoms with E-state index in [4.69, 9.17) is 0 Å². The number of amides is 1. The molecule has 1 aromatic carbocycles. The third-order valence-electron chi connectivity index (χ3n) is 4.16. The van der Waals surface area contributed by atoms with E-state index in [9.17, 15) is 4.79 Å². The molecule has 1 fully saturated rings. The SMILES string of the molecule is CCc1ccc(C(=O)N(CC)CC2CCCNC2)cc1. The first-order valence-corrected chi connectivity index (χ1v) is 7.83. The van der Waals surface area contributed by atoms with Gasteiger partial charge in [0.15, 0.2) is 0 Å². The van der Waals surface area contributed by atoms with Gasteiger partial charge in [-0.1, -0.05) is 19.1 Å². The van der Waals surface area contributed by atoms with Crippen LogP contribution in [0.15, 0.2) is 24.3 Å². The molecule has 0 radical (unpaired) electrons. The summed E-state index contributed by atoms with van der Waals surface area (Å²) in [6, 6.07) is 8.04. The third-order valence-corrected chi connectivity index (χ3v) is 4.16. The van der Waals surface area contributed by atoms with Crippen molar-refractivity contribution >= 4 is 5.91 Å². The minimum absolute atomic E-state index is 0.167. The lowest BCUT2D eigenvalue weighted by Gasteiger charge is -2.29. The summed E-state index contributed by atoms with van der Waals surface area (Å²) in [6.45, 7) is 8.01. The van der Waals surface area contributed by atoms with Gasteiger partial charge in [0.1, 0.15) is 0 Å². The maximum Gasteiger partial charge on any atom is 0.253 e. The Morgan fingerprint density at radius 3 is 2.60 bits per heavy atom. The van der Waals surface area contributed by atoms with Crippen LogP contribution >= 0.6 is 0 Å². The number of nitrogens with one attached hydrogen (secondary N) is 1. The van der Waals surface area contributed by atoms with Crippen molar-refractivity contribution in [3.8, 4) is 0 Å². The van der Waals surface area contributed by atoms with Gasteiger partial charge >= 0.3 is 0 Å². The molecule has 20 heavy (non-hydrogen) atoms. The first-order valence-electron chi connectivity index (χ1n) is 7.83. The summed E-state index contributed by atoms with van der Waals surface area (Å²) < 4.78 is 0. The average Bonchev–Trinajstić information content (AvgIpc) is 2.53. The molecule has 1 N–H and O–H groups in total. The molecule has 0 spiro atoms. The number of rotatable bonds is 5. The summed E-state index contributed by atoms with van der Waals surface area (Å²) in [6.07, 6.45) is 3.47. The van der Waals surface area contributed by atoms with Crippen LogP contribution in [0.5, 0.6) is 0 Å². The lowest BCUT2D eigenvalue weighted by Crippen LogP contribution is -2.41. The highest BCUT2D eigenvalue weighted by molar-refractivity contribution is 5.94. The number of aryl methyl sites for hydroxylation is 1. The Balaban J connectivity index is 1.99. The molecule has 1 heterocycles. The molecule has 1 saturated heterocycles. The first kappa shape index (κ1) is 15.0. The molecular weight excluding hydrogens is 248 g/mol. The van der Waals surface area contributed by atoms with Crippen LogP contribution in [0.2, 0.25) is 0 Å². The zero-order valence-corrected chi connectivity index (χ0v) is 12.7. The molecule has 1 amide bonds. The highest BCUT2D eigenvalue weighted by atomic mass is 16.2. The molecule has 1 unspecified atom stereocenters. The summed E-state index contributed by atoms with van der Waals surface area (Å²) in [5.74, 6) is 0.767. The Morgan fingerprint density at radius 2 is 2.05 bits per heavy atom. The van der Waals surface area contributed by atoms with Gasteiger partial charge in [-0.3, -0.25) is 4.79 Å². The van der Waals surface area contributed by atoms with Crippen molar-refractivity contribution in [3.63, 3.8) is 0 Å². The lowest BCUT2D eigenvalue weighted by molar-refractivity contribution is 0.0729. The molecule has 1 aliphatic rings.